The lowest BCUT2D eigenvalue weighted by Crippen LogP contribution is -2.52. The highest BCUT2D eigenvalue weighted by molar-refractivity contribution is 6.30. The molecule has 0 aromatic heterocycles. The Bertz CT molecular complexity index is 873. The number of nitrogens with one attached hydrogen (secondary N) is 2. The number of amides is 2. The zero-order valence-corrected chi connectivity index (χ0v) is 20.1. The van der Waals surface area contributed by atoms with Gasteiger partial charge in [-0.15, -0.1) is 0 Å². The molecule has 2 N–H and O–H groups in total. The van der Waals surface area contributed by atoms with Crippen LogP contribution in [0.5, 0.6) is 0 Å². The van der Waals surface area contributed by atoms with Gasteiger partial charge in [0.2, 0.25) is 0 Å². The topological polar surface area (TPSA) is 44.4 Å². The summed E-state index contributed by atoms with van der Waals surface area (Å²) in [7, 11) is 0. The van der Waals surface area contributed by atoms with Crippen molar-refractivity contribution in [3.8, 4) is 0 Å². The van der Waals surface area contributed by atoms with Gasteiger partial charge in [-0.2, -0.15) is 0 Å². The van der Waals surface area contributed by atoms with Gasteiger partial charge < -0.3 is 10.6 Å². The van der Waals surface area contributed by atoms with Crippen LogP contribution in [-0.4, -0.2) is 36.1 Å². The Morgan fingerprint density at radius 1 is 1.00 bits per heavy atom. The van der Waals surface area contributed by atoms with Crippen molar-refractivity contribution >= 4 is 23.3 Å². The zero-order valence-electron chi connectivity index (χ0n) is 19.3. The molecule has 5 heteroatoms. The fourth-order valence-corrected chi connectivity index (χ4v) is 5.40. The van der Waals surface area contributed by atoms with Gasteiger partial charge >= 0.3 is 6.03 Å². The van der Waals surface area contributed by atoms with E-state index in [-0.39, 0.29) is 12.1 Å². The molecule has 1 aliphatic carbocycles. The molecule has 2 atom stereocenters. The average molecular weight is 454 g/mol. The molecular weight excluding hydrogens is 418 g/mol. The maximum atomic E-state index is 12.6. The van der Waals surface area contributed by atoms with Gasteiger partial charge in [-0.3, -0.25) is 4.90 Å². The van der Waals surface area contributed by atoms with Crippen LogP contribution in [0.4, 0.5) is 10.5 Å². The second kappa shape index (κ2) is 10.7. The van der Waals surface area contributed by atoms with Crippen molar-refractivity contribution < 1.29 is 4.79 Å². The minimum atomic E-state index is -0.0863. The summed E-state index contributed by atoms with van der Waals surface area (Å²) < 4.78 is 0. The number of hydrogen-bond donors (Lipinski definition) is 2. The van der Waals surface area contributed by atoms with Crippen LogP contribution in [0.15, 0.2) is 48.5 Å². The summed E-state index contributed by atoms with van der Waals surface area (Å²) in [5, 5.41) is 7.09. The zero-order chi connectivity index (χ0) is 22.5. The number of anilines is 1. The van der Waals surface area contributed by atoms with Crippen LogP contribution in [0.1, 0.15) is 63.0 Å². The van der Waals surface area contributed by atoms with Crippen molar-refractivity contribution in [1.29, 1.82) is 0 Å². The van der Waals surface area contributed by atoms with Crippen LogP contribution in [0.3, 0.4) is 0 Å². The third kappa shape index (κ3) is 6.05. The third-order valence-corrected chi connectivity index (χ3v) is 7.44. The SMILES string of the molecule is CC(C)c1ccc(NC(=O)NC2CCCC2N2CCC(Cc3ccc(Cl)cc3)CC2)cc1. The van der Waals surface area contributed by atoms with Crippen LogP contribution in [0.2, 0.25) is 5.02 Å². The molecule has 2 fully saturated rings. The number of halogens is 1. The third-order valence-electron chi connectivity index (χ3n) is 7.19. The van der Waals surface area contributed by atoms with Crippen molar-refractivity contribution in [3.05, 3.63) is 64.7 Å². The van der Waals surface area contributed by atoms with Gasteiger partial charge in [-0.25, -0.2) is 4.79 Å². The van der Waals surface area contributed by atoms with E-state index in [0.29, 0.717) is 12.0 Å². The molecule has 2 aromatic carbocycles. The summed E-state index contributed by atoms with van der Waals surface area (Å²) in [6.07, 6.45) is 7.00. The monoisotopic (exact) mass is 453 g/mol. The lowest BCUT2D eigenvalue weighted by Gasteiger charge is -2.38. The minimum Gasteiger partial charge on any atom is -0.334 e. The Morgan fingerprint density at radius 2 is 1.69 bits per heavy atom. The van der Waals surface area contributed by atoms with Gasteiger partial charge in [0.05, 0.1) is 0 Å². The highest BCUT2D eigenvalue weighted by Gasteiger charge is 2.35. The minimum absolute atomic E-state index is 0.0863. The molecule has 4 nitrogen and oxygen atoms in total. The Kier molecular flexibility index (Phi) is 7.75. The van der Waals surface area contributed by atoms with Crippen molar-refractivity contribution in [2.45, 2.75) is 70.4 Å². The summed E-state index contributed by atoms with van der Waals surface area (Å²) in [5.41, 5.74) is 3.52. The van der Waals surface area contributed by atoms with E-state index in [2.05, 4.69) is 53.6 Å². The predicted octanol–water partition coefficient (Wildman–Crippen LogP) is 6.46. The van der Waals surface area contributed by atoms with E-state index in [4.69, 9.17) is 11.6 Å². The first-order chi connectivity index (χ1) is 15.5. The van der Waals surface area contributed by atoms with E-state index in [1.165, 1.54) is 36.8 Å². The summed E-state index contributed by atoms with van der Waals surface area (Å²) in [6.45, 7) is 6.60. The lowest BCUT2D eigenvalue weighted by molar-refractivity contribution is 0.119. The maximum Gasteiger partial charge on any atom is 0.319 e. The van der Waals surface area contributed by atoms with E-state index < -0.39 is 0 Å². The van der Waals surface area contributed by atoms with E-state index >= 15 is 0 Å². The Hall–Kier alpha value is -2.04. The van der Waals surface area contributed by atoms with E-state index in [9.17, 15) is 4.79 Å². The molecule has 172 valence electrons. The van der Waals surface area contributed by atoms with Crippen molar-refractivity contribution in [1.82, 2.24) is 10.2 Å². The molecule has 0 bridgehead atoms. The summed E-state index contributed by atoms with van der Waals surface area (Å²) in [4.78, 5) is 15.3. The Morgan fingerprint density at radius 3 is 2.34 bits per heavy atom. The van der Waals surface area contributed by atoms with E-state index in [0.717, 1.165) is 42.6 Å². The average Bonchev–Trinajstić information content (AvgIpc) is 3.24. The fraction of sp³-hybridized carbons (Fsp3) is 0.519. The molecule has 1 saturated carbocycles. The number of hydrogen-bond acceptors (Lipinski definition) is 2. The summed E-state index contributed by atoms with van der Waals surface area (Å²) in [5.74, 6) is 1.23. The van der Waals surface area contributed by atoms with Crippen molar-refractivity contribution in [3.63, 3.8) is 0 Å². The smallest absolute Gasteiger partial charge is 0.319 e. The second-order valence-corrected chi connectivity index (χ2v) is 10.2. The number of nitrogens with zero attached hydrogens (tertiary/aromatic N) is 1. The molecule has 1 aliphatic heterocycles. The van der Waals surface area contributed by atoms with Crippen LogP contribution >= 0.6 is 11.6 Å². The predicted molar refractivity (Wildman–Crippen MR) is 134 cm³/mol. The van der Waals surface area contributed by atoms with Gasteiger partial charge in [0.1, 0.15) is 0 Å². The van der Waals surface area contributed by atoms with Gasteiger partial charge in [-0.1, -0.05) is 49.7 Å². The number of carbonyl (C=O) groups is 1. The molecular formula is C27H36ClN3O. The normalized spacial score (nSPS) is 22.2. The molecule has 2 aliphatic rings. The van der Waals surface area contributed by atoms with Crippen LogP contribution < -0.4 is 10.6 Å². The second-order valence-electron chi connectivity index (χ2n) is 9.79. The number of carbonyl (C=O) groups excluding carboxylic acids is 1. The van der Waals surface area contributed by atoms with Gasteiger partial charge in [0.25, 0.3) is 0 Å². The molecule has 0 radical (unpaired) electrons. The first-order valence-electron chi connectivity index (χ1n) is 12.1. The van der Waals surface area contributed by atoms with Gasteiger partial charge in [-0.05, 0) is 98.8 Å². The van der Waals surface area contributed by atoms with Crippen LogP contribution in [0, 0.1) is 5.92 Å². The van der Waals surface area contributed by atoms with Gasteiger partial charge in [0, 0.05) is 22.8 Å². The first-order valence-corrected chi connectivity index (χ1v) is 12.5. The molecule has 2 unspecified atom stereocenters. The van der Waals surface area contributed by atoms with Crippen LogP contribution in [0.25, 0.3) is 0 Å². The Balaban J connectivity index is 1.25. The fourth-order valence-electron chi connectivity index (χ4n) is 5.28. The van der Waals surface area contributed by atoms with Crippen molar-refractivity contribution in [2.75, 3.05) is 18.4 Å². The van der Waals surface area contributed by atoms with Crippen molar-refractivity contribution in [2.24, 2.45) is 5.92 Å². The summed E-state index contributed by atoms with van der Waals surface area (Å²) >= 11 is 6.02. The largest absolute Gasteiger partial charge is 0.334 e. The van der Waals surface area contributed by atoms with Crippen LogP contribution in [-0.2, 0) is 6.42 Å². The number of benzene rings is 2. The molecule has 4 rings (SSSR count). The highest BCUT2D eigenvalue weighted by atomic mass is 35.5. The maximum absolute atomic E-state index is 12.6. The molecule has 2 amide bonds. The standard InChI is InChI=1S/C27H36ClN3O/c1-19(2)22-8-12-24(13-9-22)29-27(32)30-25-4-3-5-26(25)31-16-14-21(15-17-31)18-20-6-10-23(28)11-7-20/h6-13,19,21,25-26H,3-5,14-18H2,1-2H3,(H2,29,30,32). The lowest BCUT2D eigenvalue weighted by atomic mass is 9.89. The molecule has 0 spiro atoms. The number of likely N-dealkylation sites (tertiary alicyclic amines) is 1. The van der Waals surface area contributed by atoms with E-state index in [1.807, 2.05) is 24.3 Å². The molecule has 1 heterocycles. The molecule has 32 heavy (non-hydrogen) atoms. The molecule has 2 aromatic rings. The summed E-state index contributed by atoms with van der Waals surface area (Å²) in [6, 6.07) is 17.1. The first kappa shape index (κ1) is 23.1. The van der Waals surface area contributed by atoms with Gasteiger partial charge in [0.15, 0.2) is 0 Å². The number of piperidine rings is 1. The van der Waals surface area contributed by atoms with E-state index in [1.54, 1.807) is 0 Å². The Labute approximate surface area is 197 Å². The number of rotatable bonds is 6. The number of urea groups is 1. The molecule has 1 saturated heterocycles. The highest BCUT2D eigenvalue weighted by Crippen LogP contribution is 2.30. The quantitative estimate of drug-likeness (QED) is 0.527.